The van der Waals surface area contributed by atoms with Gasteiger partial charge in [-0.25, -0.2) is 4.98 Å². The maximum atomic E-state index is 5.60. The maximum absolute atomic E-state index is 5.60. The third kappa shape index (κ3) is 4.09. The van der Waals surface area contributed by atoms with Gasteiger partial charge in [-0.05, 0) is 37.1 Å². The van der Waals surface area contributed by atoms with Crippen LogP contribution in [0.4, 0.5) is 5.82 Å². The van der Waals surface area contributed by atoms with Crippen LogP contribution in [0.5, 0.6) is 5.75 Å². The van der Waals surface area contributed by atoms with E-state index in [1.54, 1.807) is 0 Å². The number of aromatic nitrogens is 1. The quantitative estimate of drug-likeness (QED) is 0.789. The number of rotatable bonds is 6. The van der Waals surface area contributed by atoms with Crippen LogP contribution in [0.3, 0.4) is 0 Å². The Hall–Kier alpha value is -2.03. The fourth-order valence-electron chi connectivity index (χ4n) is 1.57. The van der Waals surface area contributed by atoms with Gasteiger partial charge in [0.05, 0.1) is 6.61 Å². The average molecular weight is 242 g/mol. The highest BCUT2D eigenvalue weighted by atomic mass is 16.5. The van der Waals surface area contributed by atoms with E-state index in [2.05, 4.69) is 16.4 Å². The average Bonchev–Trinajstić information content (AvgIpc) is 2.42. The molecule has 0 aliphatic carbocycles. The predicted molar refractivity (Wildman–Crippen MR) is 74.0 cm³/mol. The molecule has 1 aromatic heterocycles. The van der Waals surface area contributed by atoms with E-state index in [1.165, 1.54) is 5.56 Å². The van der Waals surface area contributed by atoms with Gasteiger partial charge < -0.3 is 10.1 Å². The Balaban J connectivity index is 1.63. The molecule has 0 bridgehead atoms. The van der Waals surface area contributed by atoms with Crippen LogP contribution in [0.2, 0.25) is 0 Å². The minimum atomic E-state index is 0.711. The Bertz CT molecular complexity index is 454. The van der Waals surface area contributed by atoms with Gasteiger partial charge in [0.2, 0.25) is 0 Å². The molecule has 3 heteroatoms. The van der Waals surface area contributed by atoms with Gasteiger partial charge in [0, 0.05) is 12.7 Å². The molecule has 18 heavy (non-hydrogen) atoms. The van der Waals surface area contributed by atoms with E-state index in [0.717, 1.165) is 24.5 Å². The molecule has 0 amide bonds. The van der Waals surface area contributed by atoms with E-state index in [0.29, 0.717) is 6.61 Å². The van der Waals surface area contributed by atoms with Crippen molar-refractivity contribution in [2.45, 2.75) is 13.3 Å². The van der Waals surface area contributed by atoms with Gasteiger partial charge in [-0.2, -0.15) is 0 Å². The second-order valence-electron chi connectivity index (χ2n) is 4.16. The molecule has 0 aliphatic rings. The third-order valence-electron chi connectivity index (χ3n) is 2.55. The van der Waals surface area contributed by atoms with Gasteiger partial charge in [0.1, 0.15) is 11.6 Å². The standard InChI is InChI=1S/C15H18N2O/c1-13-8-9-15(17-12-13)16-10-5-11-18-14-6-3-2-4-7-14/h2-4,6-9,12H,5,10-11H2,1H3,(H,16,17). The van der Waals surface area contributed by atoms with Crippen molar-refractivity contribution in [3.05, 3.63) is 54.2 Å². The van der Waals surface area contributed by atoms with Crippen LogP contribution in [-0.2, 0) is 0 Å². The molecule has 3 nitrogen and oxygen atoms in total. The zero-order valence-electron chi connectivity index (χ0n) is 10.6. The molecule has 1 N–H and O–H groups in total. The molecule has 1 heterocycles. The fraction of sp³-hybridized carbons (Fsp3) is 0.267. The number of aryl methyl sites for hydroxylation is 1. The summed E-state index contributed by atoms with van der Waals surface area (Å²) in [5.41, 5.74) is 1.17. The lowest BCUT2D eigenvalue weighted by atomic mass is 10.3. The number of ether oxygens (including phenoxy) is 1. The smallest absolute Gasteiger partial charge is 0.125 e. The van der Waals surface area contributed by atoms with Crippen LogP contribution in [0.15, 0.2) is 48.7 Å². The van der Waals surface area contributed by atoms with Crippen molar-refractivity contribution in [1.82, 2.24) is 4.98 Å². The summed E-state index contributed by atoms with van der Waals surface area (Å²) in [7, 11) is 0. The molecule has 0 unspecified atom stereocenters. The number of benzene rings is 1. The summed E-state index contributed by atoms with van der Waals surface area (Å²) in [6, 6.07) is 13.9. The Labute approximate surface area is 108 Å². The minimum absolute atomic E-state index is 0.711. The van der Waals surface area contributed by atoms with Crippen molar-refractivity contribution in [3.8, 4) is 5.75 Å². The zero-order chi connectivity index (χ0) is 12.6. The van der Waals surface area contributed by atoms with Crippen LogP contribution in [-0.4, -0.2) is 18.1 Å². The Morgan fingerprint density at radius 3 is 2.67 bits per heavy atom. The number of hydrogen-bond donors (Lipinski definition) is 1. The van der Waals surface area contributed by atoms with Gasteiger partial charge in [0.25, 0.3) is 0 Å². The fourth-order valence-corrected chi connectivity index (χ4v) is 1.57. The van der Waals surface area contributed by atoms with Crippen molar-refractivity contribution >= 4 is 5.82 Å². The van der Waals surface area contributed by atoms with Gasteiger partial charge >= 0.3 is 0 Å². The normalized spacial score (nSPS) is 10.1. The number of hydrogen-bond acceptors (Lipinski definition) is 3. The van der Waals surface area contributed by atoms with Gasteiger partial charge in [-0.15, -0.1) is 0 Å². The molecule has 0 radical (unpaired) electrons. The summed E-state index contributed by atoms with van der Waals surface area (Å²) in [5, 5.41) is 3.27. The Morgan fingerprint density at radius 2 is 1.94 bits per heavy atom. The second kappa shape index (κ2) is 6.64. The lowest BCUT2D eigenvalue weighted by molar-refractivity contribution is 0.315. The molecular weight excluding hydrogens is 224 g/mol. The highest BCUT2D eigenvalue weighted by Gasteiger charge is 1.94. The first-order valence-electron chi connectivity index (χ1n) is 6.19. The summed E-state index contributed by atoms with van der Waals surface area (Å²) in [6.07, 6.45) is 2.81. The van der Waals surface area contributed by atoms with Crippen molar-refractivity contribution in [1.29, 1.82) is 0 Å². The molecular formula is C15H18N2O. The molecule has 2 rings (SSSR count). The minimum Gasteiger partial charge on any atom is -0.494 e. The third-order valence-corrected chi connectivity index (χ3v) is 2.55. The van der Waals surface area contributed by atoms with E-state index in [1.807, 2.05) is 49.5 Å². The van der Waals surface area contributed by atoms with E-state index in [4.69, 9.17) is 4.74 Å². The van der Waals surface area contributed by atoms with Crippen LogP contribution in [0.25, 0.3) is 0 Å². The maximum Gasteiger partial charge on any atom is 0.125 e. The first-order valence-corrected chi connectivity index (χ1v) is 6.19. The van der Waals surface area contributed by atoms with E-state index >= 15 is 0 Å². The number of pyridine rings is 1. The van der Waals surface area contributed by atoms with E-state index in [-0.39, 0.29) is 0 Å². The molecule has 0 fully saturated rings. The molecule has 94 valence electrons. The number of nitrogens with one attached hydrogen (secondary N) is 1. The van der Waals surface area contributed by atoms with Gasteiger partial charge in [0.15, 0.2) is 0 Å². The molecule has 1 aromatic carbocycles. The molecule has 0 saturated carbocycles. The second-order valence-corrected chi connectivity index (χ2v) is 4.16. The van der Waals surface area contributed by atoms with E-state index in [9.17, 15) is 0 Å². The summed E-state index contributed by atoms with van der Waals surface area (Å²) in [6.45, 7) is 3.61. The van der Waals surface area contributed by atoms with Crippen LogP contribution < -0.4 is 10.1 Å². The largest absolute Gasteiger partial charge is 0.494 e. The lowest BCUT2D eigenvalue weighted by Crippen LogP contribution is -2.08. The van der Waals surface area contributed by atoms with Crippen LogP contribution in [0.1, 0.15) is 12.0 Å². The topological polar surface area (TPSA) is 34.1 Å². The SMILES string of the molecule is Cc1ccc(NCCCOc2ccccc2)nc1. The highest BCUT2D eigenvalue weighted by Crippen LogP contribution is 2.08. The summed E-state index contributed by atoms with van der Waals surface area (Å²) in [5.74, 6) is 1.84. The summed E-state index contributed by atoms with van der Waals surface area (Å²) in [4.78, 5) is 4.28. The highest BCUT2D eigenvalue weighted by molar-refractivity contribution is 5.34. The van der Waals surface area contributed by atoms with E-state index < -0.39 is 0 Å². The number of nitrogens with zero attached hydrogens (tertiary/aromatic N) is 1. The van der Waals surface area contributed by atoms with Crippen molar-refractivity contribution in [3.63, 3.8) is 0 Å². The van der Waals surface area contributed by atoms with Crippen molar-refractivity contribution < 1.29 is 4.74 Å². The molecule has 0 saturated heterocycles. The Kier molecular flexibility index (Phi) is 4.59. The predicted octanol–water partition coefficient (Wildman–Crippen LogP) is 3.27. The first kappa shape index (κ1) is 12.4. The Morgan fingerprint density at radius 1 is 1.11 bits per heavy atom. The molecule has 0 aliphatic heterocycles. The van der Waals surface area contributed by atoms with Crippen LogP contribution in [0, 0.1) is 6.92 Å². The van der Waals surface area contributed by atoms with Gasteiger partial charge in [-0.3, -0.25) is 0 Å². The van der Waals surface area contributed by atoms with Crippen molar-refractivity contribution in [2.75, 3.05) is 18.5 Å². The molecule has 0 spiro atoms. The molecule has 2 aromatic rings. The van der Waals surface area contributed by atoms with Gasteiger partial charge in [-0.1, -0.05) is 24.3 Å². The monoisotopic (exact) mass is 242 g/mol. The van der Waals surface area contributed by atoms with Crippen LogP contribution >= 0.6 is 0 Å². The summed E-state index contributed by atoms with van der Waals surface area (Å²) >= 11 is 0. The van der Waals surface area contributed by atoms with Crippen molar-refractivity contribution in [2.24, 2.45) is 0 Å². The zero-order valence-corrected chi connectivity index (χ0v) is 10.6. The molecule has 0 atom stereocenters. The lowest BCUT2D eigenvalue weighted by Gasteiger charge is -2.07. The number of para-hydroxylation sites is 1. The summed E-state index contributed by atoms with van der Waals surface area (Å²) < 4.78 is 5.60. The first-order chi connectivity index (χ1) is 8.84. The number of anilines is 1.